The molecule has 2 N–H and O–H groups in total. The van der Waals surface area contributed by atoms with Crippen molar-refractivity contribution in [2.24, 2.45) is 5.92 Å². The monoisotopic (exact) mass is 363 g/mol. The van der Waals surface area contributed by atoms with Gasteiger partial charge in [0, 0.05) is 30.7 Å². The van der Waals surface area contributed by atoms with Crippen molar-refractivity contribution in [2.75, 3.05) is 19.7 Å². The number of nitrogens with zero attached hydrogens (tertiary/aromatic N) is 1. The van der Waals surface area contributed by atoms with Crippen LogP contribution in [0.4, 0.5) is 0 Å². The summed E-state index contributed by atoms with van der Waals surface area (Å²) in [4.78, 5) is 41.8. The van der Waals surface area contributed by atoms with E-state index in [0.717, 1.165) is 12.8 Å². The molecule has 7 heteroatoms. The van der Waals surface area contributed by atoms with Crippen molar-refractivity contribution in [3.63, 3.8) is 0 Å². The number of amides is 2. The number of hydrogen-bond acceptors (Lipinski definition) is 4. The van der Waals surface area contributed by atoms with Gasteiger partial charge >= 0.3 is 5.97 Å². The molecule has 1 aromatic rings. The predicted molar refractivity (Wildman–Crippen MR) is 98.1 cm³/mol. The third-order valence-electron chi connectivity index (χ3n) is 4.71. The highest BCUT2D eigenvalue weighted by Crippen LogP contribution is 2.22. The van der Waals surface area contributed by atoms with Gasteiger partial charge in [0.25, 0.3) is 5.91 Å². The van der Waals surface area contributed by atoms with Gasteiger partial charge in [-0.2, -0.15) is 0 Å². The van der Waals surface area contributed by atoms with E-state index in [0.29, 0.717) is 35.6 Å². The van der Waals surface area contributed by atoms with Crippen LogP contribution in [-0.2, 0) is 9.53 Å². The van der Waals surface area contributed by atoms with Gasteiger partial charge in [0.15, 0.2) is 0 Å². The van der Waals surface area contributed by atoms with Crippen molar-refractivity contribution in [3.8, 4) is 0 Å². The number of likely N-dealkylation sites (tertiary alicyclic amines) is 1. The summed E-state index contributed by atoms with van der Waals surface area (Å²) in [5.41, 5.74) is 2.09. The number of H-pyrrole nitrogens is 1. The van der Waals surface area contributed by atoms with E-state index in [1.807, 2.05) is 13.8 Å². The van der Waals surface area contributed by atoms with Crippen LogP contribution in [0.2, 0.25) is 0 Å². The maximum atomic E-state index is 13.0. The summed E-state index contributed by atoms with van der Waals surface area (Å²) in [6.07, 6.45) is 1.69. The Morgan fingerprint density at radius 2 is 2.00 bits per heavy atom. The Morgan fingerprint density at radius 1 is 1.31 bits per heavy atom. The van der Waals surface area contributed by atoms with Crippen LogP contribution in [0.3, 0.4) is 0 Å². The molecule has 2 amide bonds. The Labute approximate surface area is 154 Å². The van der Waals surface area contributed by atoms with Crippen LogP contribution in [0, 0.1) is 19.8 Å². The van der Waals surface area contributed by atoms with Gasteiger partial charge in [-0.15, -0.1) is 0 Å². The van der Waals surface area contributed by atoms with E-state index in [1.54, 1.807) is 25.7 Å². The highest BCUT2D eigenvalue weighted by molar-refractivity contribution is 6.00. The van der Waals surface area contributed by atoms with Gasteiger partial charge in [-0.3, -0.25) is 9.59 Å². The fourth-order valence-electron chi connectivity index (χ4n) is 3.28. The summed E-state index contributed by atoms with van der Waals surface area (Å²) in [5.74, 6) is -0.648. The molecule has 7 nitrogen and oxygen atoms in total. The Hall–Kier alpha value is -2.31. The van der Waals surface area contributed by atoms with Gasteiger partial charge in [0.05, 0.1) is 12.2 Å². The van der Waals surface area contributed by atoms with Crippen molar-refractivity contribution < 1.29 is 19.1 Å². The molecule has 0 saturated carbocycles. The Bertz CT molecular complexity index is 693. The average Bonchev–Trinajstić information content (AvgIpc) is 2.89. The number of carbonyl (C=O) groups is 3. The number of rotatable bonds is 5. The molecule has 1 atom stereocenters. The fraction of sp³-hybridized carbons (Fsp3) is 0.632. The lowest BCUT2D eigenvalue weighted by Crippen LogP contribution is -2.50. The topological polar surface area (TPSA) is 91.5 Å². The molecule has 1 aliphatic heterocycles. The first-order chi connectivity index (χ1) is 12.3. The van der Waals surface area contributed by atoms with Crippen LogP contribution in [0.5, 0.6) is 0 Å². The van der Waals surface area contributed by atoms with Gasteiger partial charge in [-0.25, -0.2) is 4.79 Å². The van der Waals surface area contributed by atoms with Gasteiger partial charge in [0.2, 0.25) is 5.91 Å². The van der Waals surface area contributed by atoms with Gasteiger partial charge in [-0.1, -0.05) is 13.8 Å². The quantitative estimate of drug-likeness (QED) is 0.785. The fourth-order valence-corrected chi connectivity index (χ4v) is 3.28. The van der Waals surface area contributed by atoms with Crippen LogP contribution in [0.1, 0.15) is 65.7 Å². The van der Waals surface area contributed by atoms with Gasteiger partial charge < -0.3 is 19.9 Å². The number of aryl methyl sites for hydroxylation is 1. The van der Waals surface area contributed by atoms with Crippen LogP contribution in [0.25, 0.3) is 0 Å². The zero-order valence-corrected chi connectivity index (χ0v) is 16.3. The molecule has 144 valence electrons. The molecule has 0 unspecified atom stereocenters. The summed E-state index contributed by atoms with van der Waals surface area (Å²) in [5, 5.41) is 3.00. The zero-order chi connectivity index (χ0) is 19.4. The van der Waals surface area contributed by atoms with E-state index < -0.39 is 5.97 Å². The lowest BCUT2D eigenvalue weighted by molar-refractivity contribution is -0.125. The first-order valence-corrected chi connectivity index (χ1v) is 9.22. The minimum Gasteiger partial charge on any atom is -0.462 e. The summed E-state index contributed by atoms with van der Waals surface area (Å²) >= 11 is 0. The molecule has 1 fully saturated rings. The maximum Gasteiger partial charge on any atom is 0.340 e. The minimum absolute atomic E-state index is 0.000736. The first-order valence-electron chi connectivity index (χ1n) is 9.22. The molecule has 0 aliphatic carbocycles. The lowest BCUT2D eigenvalue weighted by Gasteiger charge is -2.33. The maximum absolute atomic E-state index is 13.0. The summed E-state index contributed by atoms with van der Waals surface area (Å²) in [6, 6.07) is -0.0384. The average molecular weight is 363 g/mol. The second-order valence-corrected chi connectivity index (χ2v) is 7.10. The molecule has 2 heterocycles. The third-order valence-corrected chi connectivity index (χ3v) is 4.71. The molecular formula is C19H29N3O4. The largest absolute Gasteiger partial charge is 0.462 e. The van der Waals surface area contributed by atoms with Gasteiger partial charge in [-0.05, 0) is 39.2 Å². The number of nitrogens with one attached hydrogen (secondary N) is 2. The van der Waals surface area contributed by atoms with Crippen molar-refractivity contribution in [3.05, 3.63) is 22.5 Å². The minimum atomic E-state index is -0.418. The van der Waals surface area contributed by atoms with Crippen LogP contribution in [-0.4, -0.2) is 53.4 Å². The van der Waals surface area contributed by atoms with E-state index in [-0.39, 0.29) is 30.4 Å². The molecule has 0 bridgehead atoms. The molecule has 0 aromatic carbocycles. The number of esters is 1. The van der Waals surface area contributed by atoms with E-state index in [1.165, 1.54) is 0 Å². The molecule has 1 saturated heterocycles. The smallest absolute Gasteiger partial charge is 0.340 e. The van der Waals surface area contributed by atoms with Crippen molar-refractivity contribution >= 4 is 17.8 Å². The number of carbonyl (C=O) groups excluding carboxylic acids is 3. The molecule has 1 aliphatic rings. The van der Waals surface area contributed by atoms with Crippen molar-refractivity contribution in [1.82, 2.24) is 15.2 Å². The first kappa shape index (κ1) is 20.0. The number of aromatic amines is 1. The predicted octanol–water partition coefficient (Wildman–Crippen LogP) is 2.19. The van der Waals surface area contributed by atoms with E-state index in [4.69, 9.17) is 4.74 Å². The second kappa shape index (κ2) is 8.38. The van der Waals surface area contributed by atoms with E-state index >= 15 is 0 Å². The highest BCUT2D eigenvalue weighted by Gasteiger charge is 2.30. The molecule has 26 heavy (non-hydrogen) atoms. The van der Waals surface area contributed by atoms with Crippen LogP contribution in [0.15, 0.2) is 0 Å². The van der Waals surface area contributed by atoms with Gasteiger partial charge in [0.1, 0.15) is 5.69 Å². The molecule has 1 aromatic heterocycles. The number of hydrogen-bond donors (Lipinski definition) is 2. The number of piperidine rings is 1. The Balaban J connectivity index is 2.14. The van der Waals surface area contributed by atoms with E-state index in [9.17, 15) is 14.4 Å². The van der Waals surface area contributed by atoms with Crippen molar-refractivity contribution in [2.45, 2.75) is 53.5 Å². The highest BCUT2D eigenvalue weighted by atomic mass is 16.5. The summed E-state index contributed by atoms with van der Waals surface area (Å²) < 4.78 is 5.08. The standard InChI is InChI=1S/C19H29N3O4/c1-6-26-19(25)15-12(4)16(20-13(15)5)18(24)22-9-7-8-14(10-22)21-17(23)11(2)3/h11,14,20H,6-10H2,1-5H3,(H,21,23)/t14-/m0/s1. The normalized spacial score (nSPS) is 17.3. The summed E-state index contributed by atoms with van der Waals surface area (Å²) in [7, 11) is 0. The second-order valence-electron chi connectivity index (χ2n) is 7.10. The Morgan fingerprint density at radius 3 is 2.62 bits per heavy atom. The number of ether oxygens (including phenoxy) is 1. The van der Waals surface area contributed by atoms with E-state index in [2.05, 4.69) is 10.3 Å². The molecule has 2 rings (SSSR count). The zero-order valence-electron chi connectivity index (χ0n) is 16.3. The lowest BCUT2D eigenvalue weighted by atomic mass is 10.0. The molecule has 0 radical (unpaired) electrons. The molecule has 0 spiro atoms. The third kappa shape index (κ3) is 4.26. The number of aromatic nitrogens is 1. The van der Waals surface area contributed by atoms with Crippen molar-refractivity contribution in [1.29, 1.82) is 0 Å². The summed E-state index contributed by atoms with van der Waals surface area (Å²) in [6.45, 7) is 10.4. The SMILES string of the molecule is CCOC(=O)c1c(C)[nH]c(C(=O)N2CCC[C@H](NC(=O)C(C)C)C2)c1C. The Kier molecular flexibility index (Phi) is 6.45. The van der Waals surface area contributed by atoms with Crippen LogP contribution >= 0.6 is 0 Å². The molecular weight excluding hydrogens is 334 g/mol. The van der Waals surface area contributed by atoms with Crippen LogP contribution < -0.4 is 5.32 Å².